The Labute approximate surface area is 120 Å². The highest BCUT2D eigenvalue weighted by molar-refractivity contribution is 7.12. The summed E-state index contributed by atoms with van der Waals surface area (Å²) in [6.45, 7) is 0. The van der Waals surface area contributed by atoms with Gasteiger partial charge in [0.15, 0.2) is 0 Å². The molecule has 0 unspecified atom stereocenters. The SMILES string of the molecule is COc1ccc(N/C=C(\Cl)C(=O)c2cccs2)cc1. The lowest BCUT2D eigenvalue weighted by Crippen LogP contribution is -1.98. The molecule has 0 radical (unpaired) electrons. The van der Waals surface area contributed by atoms with E-state index in [2.05, 4.69) is 5.32 Å². The normalized spacial score (nSPS) is 11.2. The summed E-state index contributed by atoms with van der Waals surface area (Å²) in [5, 5.41) is 4.97. The molecule has 0 atom stereocenters. The molecule has 5 heteroatoms. The van der Waals surface area contributed by atoms with Crippen LogP contribution < -0.4 is 10.1 Å². The minimum Gasteiger partial charge on any atom is -0.497 e. The molecule has 0 saturated heterocycles. The van der Waals surface area contributed by atoms with Crippen LogP contribution in [-0.2, 0) is 0 Å². The quantitative estimate of drug-likeness (QED) is 0.665. The molecule has 1 aromatic carbocycles. The monoisotopic (exact) mass is 293 g/mol. The maximum atomic E-state index is 11.9. The minimum atomic E-state index is -0.183. The summed E-state index contributed by atoms with van der Waals surface area (Å²) < 4.78 is 5.06. The summed E-state index contributed by atoms with van der Waals surface area (Å²) in [5.41, 5.74) is 0.831. The van der Waals surface area contributed by atoms with Gasteiger partial charge in [0.1, 0.15) is 10.8 Å². The maximum Gasteiger partial charge on any atom is 0.215 e. The number of halogens is 1. The molecule has 0 bridgehead atoms. The molecule has 0 aliphatic carbocycles. The Kier molecular flexibility index (Phi) is 4.60. The van der Waals surface area contributed by atoms with E-state index in [0.29, 0.717) is 4.88 Å². The Balaban J connectivity index is 2.03. The average molecular weight is 294 g/mol. The highest BCUT2D eigenvalue weighted by Crippen LogP contribution is 2.18. The van der Waals surface area contributed by atoms with E-state index >= 15 is 0 Å². The van der Waals surface area contributed by atoms with E-state index < -0.39 is 0 Å². The average Bonchev–Trinajstić information content (AvgIpc) is 2.98. The van der Waals surface area contributed by atoms with E-state index in [9.17, 15) is 4.79 Å². The van der Waals surface area contributed by atoms with Crippen molar-refractivity contribution in [1.29, 1.82) is 0 Å². The number of allylic oxidation sites excluding steroid dienone is 1. The van der Waals surface area contributed by atoms with Crippen LogP contribution in [0.2, 0.25) is 0 Å². The van der Waals surface area contributed by atoms with Gasteiger partial charge >= 0.3 is 0 Å². The first-order valence-corrected chi connectivity index (χ1v) is 6.81. The van der Waals surface area contributed by atoms with E-state index in [0.717, 1.165) is 11.4 Å². The summed E-state index contributed by atoms with van der Waals surface area (Å²) in [7, 11) is 1.61. The van der Waals surface area contributed by atoms with Crippen molar-refractivity contribution in [2.24, 2.45) is 0 Å². The van der Waals surface area contributed by atoms with Crippen LogP contribution in [0.5, 0.6) is 5.75 Å². The predicted molar refractivity (Wildman–Crippen MR) is 79.2 cm³/mol. The number of hydrogen-bond donors (Lipinski definition) is 1. The van der Waals surface area contributed by atoms with Crippen molar-refractivity contribution >= 4 is 34.4 Å². The van der Waals surface area contributed by atoms with Crippen LogP contribution in [0.3, 0.4) is 0 Å². The second-order valence-corrected chi connectivity index (χ2v) is 5.03. The summed E-state index contributed by atoms with van der Waals surface area (Å²) in [6.07, 6.45) is 1.49. The fourth-order valence-corrected chi connectivity index (χ4v) is 2.32. The third-order valence-electron chi connectivity index (χ3n) is 2.42. The number of Topliss-reactive ketones (excluding diaryl/α,β-unsaturated/α-hetero) is 1. The first-order valence-electron chi connectivity index (χ1n) is 5.55. The lowest BCUT2D eigenvalue weighted by molar-refractivity contribution is 0.104. The number of carbonyl (C=O) groups is 1. The molecule has 0 saturated carbocycles. The predicted octanol–water partition coefficient (Wildman–Crippen LogP) is 4.13. The van der Waals surface area contributed by atoms with Crippen LogP contribution in [0.15, 0.2) is 53.0 Å². The fourth-order valence-electron chi connectivity index (χ4n) is 1.42. The largest absolute Gasteiger partial charge is 0.497 e. The van der Waals surface area contributed by atoms with Gasteiger partial charge < -0.3 is 10.1 Å². The zero-order valence-corrected chi connectivity index (χ0v) is 11.8. The van der Waals surface area contributed by atoms with Crippen molar-refractivity contribution in [3.63, 3.8) is 0 Å². The van der Waals surface area contributed by atoms with Crippen LogP contribution in [0.1, 0.15) is 9.67 Å². The maximum absolute atomic E-state index is 11.9. The Morgan fingerprint density at radius 3 is 2.63 bits per heavy atom. The van der Waals surface area contributed by atoms with Gasteiger partial charge in [-0.3, -0.25) is 4.79 Å². The number of carbonyl (C=O) groups excluding carboxylic acids is 1. The molecule has 0 aliphatic rings. The zero-order chi connectivity index (χ0) is 13.7. The van der Waals surface area contributed by atoms with Gasteiger partial charge in [0.25, 0.3) is 0 Å². The van der Waals surface area contributed by atoms with Crippen molar-refractivity contribution in [2.75, 3.05) is 12.4 Å². The number of methoxy groups -OCH3 is 1. The number of ether oxygens (including phenoxy) is 1. The molecular weight excluding hydrogens is 282 g/mol. The lowest BCUT2D eigenvalue weighted by atomic mass is 10.3. The third kappa shape index (κ3) is 3.59. The number of nitrogens with one attached hydrogen (secondary N) is 1. The zero-order valence-electron chi connectivity index (χ0n) is 10.2. The van der Waals surface area contributed by atoms with Gasteiger partial charge in [-0.1, -0.05) is 17.7 Å². The molecular formula is C14H12ClNO2S. The summed E-state index contributed by atoms with van der Waals surface area (Å²) in [6, 6.07) is 10.9. The highest BCUT2D eigenvalue weighted by atomic mass is 35.5. The first-order chi connectivity index (χ1) is 9.20. The van der Waals surface area contributed by atoms with Crippen LogP contribution in [0, 0.1) is 0 Å². The Bertz CT molecular complexity index is 576. The van der Waals surface area contributed by atoms with Crippen molar-refractivity contribution in [2.45, 2.75) is 0 Å². The van der Waals surface area contributed by atoms with E-state index in [-0.39, 0.29) is 10.8 Å². The third-order valence-corrected chi connectivity index (χ3v) is 3.57. The van der Waals surface area contributed by atoms with E-state index in [1.54, 1.807) is 13.2 Å². The number of ketones is 1. The number of benzene rings is 1. The van der Waals surface area contributed by atoms with Crippen LogP contribution in [-0.4, -0.2) is 12.9 Å². The van der Waals surface area contributed by atoms with Crippen LogP contribution >= 0.6 is 22.9 Å². The van der Waals surface area contributed by atoms with Gasteiger partial charge in [-0.05, 0) is 35.7 Å². The van der Waals surface area contributed by atoms with Gasteiger partial charge in [0.2, 0.25) is 5.78 Å². The molecule has 98 valence electrons. The molecule has 3 nitrogen and oxygen atoms in total. The second-order valence-electron chi connectivity index (χ2n) is 3.67. The smallest absolute Gasteiger partial charge is 0.215 e. The van der Waals surface area contributed by atoms with Gasteiger partial charge in [0, 0.05) is 11.9 Å². The van der Waals surface area contributed by atoms with Crippen molar-refractivity contribution in [1.82, 2.24) is 0 Å². The van der Waals surface area contributed by atoms with Crippen LogP contribution in [0.4, 0.5) is 5.69 Å². The molecule has 2 rings (SSSR count). The number of thiophene rings is 1. The molecule has 0 fully saturated rings. The van der Waals surface area contributed by atoms with Gasteiger partial charge in [-0.15, -0.1) is 11.3 Å². The minimum absolute atomic E-state index is 0.151. The van der Waals surface area contributed by atoms with Crippen molar-refractivity contribution in [3.8, 4) is 5.75 Å². The first kappa shape index (κ1) is 13.6. The lowest BCUT2D eigenvalue weighted by Gasteiger charge is -2.03. The molecule has 1 N–H and O–H groups in total. The summed E-state index contributed by atoms with van der Waals surface area (Å²) in [5.74, 6) is 0.591. The Hall–Kier alpha value is -1.78. The van der Waals surface area contributed by atoms with E-state index in [1.807, 2.05) is 35.7 Å². The molecule has 0 spiro atoms. The number of rotatable bonds is 5. The Morgan fingerprint density at radius 2 is 2.05 bits per heavy atom. The molecule has 0 aliphatic heterocycles. The van der Waals surface area contributed by atoms with Crippen molar-refractivity contribution < 1.29 is 9.53 Å². The molecule has 0 amide bonds. The van der Waals surface area contributed by atoms with E-state index in [1.165, 1.54) is 17.5 Å². The van der Waals surface area contributed by atoms with Gasteiger partial charge in [-0.2, -0.15) is 0 Å². The molecule has 1 heterocycles. The molecule has 2 aromatic rings. The van der Waals surface area contributed by atoms with Crippen LogP contribution in [0.25, 0.3) is 0 Å². The van der Waals surface area contributed by atoms with Crippen molar-refractivity contribution in [3.05, 3.63) is 57.9 Å². The van der Waals surface area contributed by atoms with E-state index in [4.69, 9.17) is 16.3 Å². The molecule has 1 aromatic heterocycles. The van der Waals surface area contributed by atoms with Gasteiger partial charge in [-0.25, -0.2) is 0 Å². The topological polar surface area (TPSA) is 38.3 Å². The standard InChI is InChI=1S/C14H12ClNO2S/c1-18-11-6-4-10(5-7-11)16-9-12(15)14(17)13-3-2-8-19-13/h2-9,16H,1H3/b12-9-. The second kappa shape index (κ2) is 6.41. The molecule has 19 heavy (non-hydrogen) atoms. The number of anilines is 1. The Morgan fingerprint density at radius 1 is 1.32 bits per heavy atom. The fraction of sp³-hybridized carbons (Fsp3) is 0.0714. The van der Waals surface area contributed by atoms with Gasteiger partial charge in [0.05, 0.1) is 12.0 Å². The summed E-state index contributed by atoms with van der Waals surface area (Å²) >= 11 is 7.33. The summed E-state index contributed by atoms with van der Waals surface area (Å²) in [4.78, 5) is 12.5. The highest BCUT2D eigenvalue weighted by Gasteiger charge is 2.10. The number of hydrogen-bond acceptors (Lipinski definition) is 4.